The van der Waals surface area contributed by atoms with Gasteiger partial charge in [0.25, 0.3) is 15.9 Å². The van der Waals surface area contributed by atoms with Gasteiger partial charge in [-0.05, 0) is 61.6 Å². The maximum Gasteiger partial charge on any atom is 0.328 e. The first-order valence-electron chi connectivity index (χ1n) is 10.3. The van der Waals surface area contributed by atoms with Crippen LogP contribution in [-0.2, 0) is 19.6 Å². The first-order valence-corrected chi connectivity index (χ1v) is 11.8. The molecule has 2 aromatic rings. The third kappa shape index (κ3) is 4.27. The van der Waals surface area contributed by atoms with Gasteiger partial charge in [-0.2, -0.15) is 0 Å². The van der Waals surface area contributed by atoms with Gasteiger partial charge < -0.3 is 9.64 Å². The molecule has 3 atom stereocenters. The second kappa shape index (κ2) is 8.66. The minimum absolute atomic E-state index is 0.0158. The van der Waals surface area contributed by atoms with E-state index < -0.39 is 22.0 Å². The zero-order chi connectivity index (χ0) is 22.0. The van der Waals surface area contributed by atoms with Crippen LogP contribution in [0.15, 0.2) is 53.7 Å². The number of esters is 1. The van der Waals surface area contributed by atoms with Crippen LogP contribution in [-0.4, -0.2) is 49.4 Å². The van der Waals surface area contributed by atoms with Crippen LogP contribution in [0.1, 0.15) is 42.5 Å². The summed E-state index contributed by atoms with van der Waals surface area (Å²) in [5.41, 5.74) is 0.750. The molecule has 1 amide bonds. The SMILES string of the molecule is COC(=O)C1CC2CCCCC2N1C(=O)c1ccc(S(=O)(=O)Nc2ccncc2)cc1. The summed E-state index contributed by atoms with van der Waals surface area (Å²) in [6.45, 7) is 0. The second-order valence-electron chi connectivity index (χ2n) is 7.96. The molecule has 2 heterocycles. The molecule has 1 aliphatic carbocycles. The number of carbonyl (C=O) groups is 2. The Morgan fingerprint density at radius 2 is 1.74 bits per heavy atom. The van der Waals surface area contributed by atoms with E-state index in [1.54, 1.807) is 17.0 Å². The first-order chi connectivity index (χ1) is 14.9. The molecule has 1 aliphatic heterocycles. The fourth-order valence-corrected chi connectivity index (χ4v) is 5.72. The number of hydrogen-bond donors (Lipinski definition) is 1. The average Bonchev–Trinajstić information content (AvgIpc) is 3.18. The number of methoxy groups -OCH3 is 1. The summed E-state index contributed by atoms with van der Waals surface area (Å²) in [6, 6.07) is 8.31. The van der Waals surface area contributed by atoms with Crippen LogP contribution >= 0.6 is 0 Å². The Balaban J connectivity index is 1.56. The number of aromatic nitrogens is 1. The van der Waals surface area contributed by atoms with Crippen LogP contribution < -0.4 is 4.72 Å². The number of nitrogens with one attached hydrogen (secondary N) is 1. The number of hydrogen-bond acceptors (Lipinski definition) is 6. The number of pyridine rings is 1. The molecule has 8 nitrogen and oxygen atoms in total. The summed E-state index contributed by atoms with van der Waals surface area (Å²) >= 11 is 0. The van der Waals surface area contributed by atoms with E-state index in [1.807, 2.05) is 0 Å². The van der Waals surface area contributed by atoms with Crippen LogP contribution in [0, 0.1) is 5.92 Å². The van der Waals surface area contributed by atoms with Crippen LogP contribution in [0.5, 0.6) is 0 Å². The van der Waals surface area contributed by atoms with Crippen LogP contribution in [0.2, 0.25) is 0 Å². The third-order valence-corrected chi connectivity index (χ3v) is 7.54. The molecule has 31 heavy (non-hydrogen) atoms. The van der Waals surface area contributed by atoms with E-state index in [0.717, 1.165) is 25.7 Å². The highest BCUT2D eigenvalue weighted by atomic mass is 32.2. The molecule has 2 aliphatic rings. The molecule has 1 N–H and O–H groups in total. The van der Waals surface area contributed by atoms with E-state index >= 15 is 0 Å². The largest absolute Gasteiger partial charge is 0.467 e. The van der Waals surface area contributed by atoms with Crippen LogP contribution in [0.25, 0.3) is 0 Å². The number of anilines is 1. The highest BCUT2D eigenvalue weighted by molar-refractivity contribution is 7.92. The minimum atomic E-state index is -3.80. The molecule has 1 aromatic carbocycles. The summed E-state index contributed by atoms with van der Waals surface area (Å²) in [5, 5.41) is 0. The summed E-state index contributed by atoms with van der Waals surface area (Å²) in [4.78, 5) is 31.3. The second-order valence-corrected chi connectivity index (χ2v) is 9.65. The number of rotatable bonds is 5. The quantitative estimate of drug-likeness (QED) is 0.713. The van der Waals surface area contributed by atoms with Gasteiger partial charge in [0.1, 0.15) is 6.04 Å². The fraction of sp³-hybridized carbons (Fsp3) is 0.409. The van der Waals surface area contributed by atoms with Gasteiger partial charge in [-0.1, -0.05) is 12.8 Å². The van der Waals surface area contributed by atoms with Crippen molar-refractivity contribution >= 4 is 27.6 Å². The molecule has 164 valence electrons. The molecule has 4 rings (SSSR count). The highest BCUT2D eigenvalue weighted by Crippen LogP contribution is 2.40. The Bertz CT molecular complexity index is 1060. The van der Waals surface area contributed by atoms with Gasteiger partial charge >= 0.3 is 5.97 Å². The lowest BCUT2D eigenvalue weighted by Gasteiger charge is -2.33. The van der Waals surface area contributed by atoms with Gasteiger partial charge in [-0.3, -0.25) is 14.5 Å². The standard InChI is InChI=1S/C22H25N3O5S/c1-30-22(27)20-14-16-4-2-3-5-19(16)25(20)21(26)15-6-8-18(9-7-15)31(28,29)24-17-10-12-23-13-11-17/h6-13,16,19-20H,2-5,14H2,1H3,(H,23,24). The van der Waals surface area contributed by atoms with Crippen molar-refractivity contribution in [1.82, 2.24) is 9.88 Å². The molecule has 0 radical (unpaired) electrons. The Hall–Kier alpha value is -2.94. The van der Waals surface area contributed by atoms with Crippen molar-refractivity contribution in [3.8, 4) is 0 Å². The highest BCUT2D eigenvalue weighted by Gasteiger charge is 2.48. The van der Waals surface area contributed by atoms with Crippen molar-refractivity contribution in [3.05, 3.63) is 54.4 Å². The lowest BCUT2D eigenvalue weighted by Crippen LogP contribution is -2.46. The van der Waals surface area contributed by atoms with Gasteiger partial charge in [0.05, 0.1) is 17.7 Å². The average molecular weight is 444 g/mol. The minimum Gasteiger partial charge on any atom is -0.467 e. The number of sulfonamides is 1. The van der Waals surface area contributed by atoms with E-state index in [9.17, 15) is 18.0 Å². The number of benzene rings is 1. The van der Waals surface area contributed by atoms with Crippen LogP contribution in [0.4, 0.5) is 5.69 Å². The van der Waals surface area contributed by atoms with Crippen molar-refractivity contribution < 1.29 is 22.7 Å². The number of carbonyl (C=O) groups excluding carboxylic acids is 2. The van der Waals surface area contributed by atoms with Gasteiger partial charge in [0.15, 0.2) is 0 Å². The van der Waals surface area contributed by atoms with E-state index in [4.69, 9.17) is 4.74 Å². The van der Waals surface area contributed by atoms with Crippen molar-refractivity contribution in [1.29, 1.82) is 0 Å². The van der Waals surface area contributed by atoms with Gasteiger partial charge in [0.2, 0.25) is 0 Å². The smallest absolute Gasteiger partial charge is 0.328 e. The van der Waals surface area contributed by atoms with E-state index in [2.05, 4.69) is 9.71 Å². The number of fused-ring (bicyclic) bond motifs is 1. The predicted molar refractivity (Wildman–Crippen MR) is 114 cm³/mol. The molecule has 3 unspecified atom stereocenters. The number of nitrogens with zero attached hydrogens (tertiary/aromatic N) is 2. The fourth-order valence-electron chi connectivity index (χ4n) is 4.66. The Kier molecular flexibility index (Phi) is 5.95. The van der Waals surface area contributed by atoms with Crippen molar-refractivity contribution in [3.63, 3.8) is 0 Å². The van der Waals surface area contributed by atoms with Crippen LogP contribution in [0.3, 0.4) is 0 Å². The Morgan fingerprint density at radius 1 is 1.06 bits per heavy atom. The molecule has 1 saturated heterocycles. The maximum absolute atomic E-state index is 13.3. The first kappa shape index (κ1) is 21.3. The lowest BCUT2D eigenvalue weighted by atomic mass is 9.84. The topological polar surface area (TPSA) is 106 Å². The summed E-state index contributed by atoms with van der Waals surface area (Å²) in [5.74, 6) is -0.370. The summed E-state index contributed by atoms with van der Waals surface area (Å²) in [7, 11) is -2.46. The zero-order valence-corrected chi connectivity index (χ0v) is 18.0. The predicted octanol–water partition coefficient (Wildman–Crippen LogP) is 2.83. The maximum atomic E-state index is 13.3. The van der Waals surface area contributed by atoms with Gasteiger partial charge in [-0.15, -0.1) is 0 Å². The Morgan fingerprint density at radius 3 is 2.42 bits per heavy atom. The molecular weight excluding hydrogens is 418 g/mol. The van der Waals surface area contributed by atoms with E-state index in [1.165, 1.54) is 43.8 Å². The van der Waals surface area contributed by atoms with Crippen molar-refractivity contribution in [2.45, 2.75) is 49.1 Å². The number of amides is 1. The molecule has 1 aromatic heterocycles. The molecule has 9 heteroatoms. The van der Waals surface area contributed by atoms with Gasteiger partial charge in [-0.25, -0.2) is 13.2 Å². The number of likely N-dealkylation sites (tertiary alicyclic amines) is 1. The molecule has 2 fully saturated rings. The van der Waals surface area contributed by atoms with E-state index in [-0.39, 0.29) is 16.8 Å². The summed E-state index contributed by atoms with van der Waals surface area (Å²) in [6.07, 6.45) is 7.60. The van der Waals surface area contributed by atoms with E-state index in [0.29, 0.717) is 23.6 Å². The van der Waals surface area contributed by atoms with Crippen molar-refractivity contribution in [2.24, 2.45) is 5.92 Å². The Labute approximate surface area is 181 Å². The van der Waals surface area contributed by atoms with Crippen molar-refractivity contribution in [2.75, 3.05) is 11.8 Å². The molecular formula is C22H25N3O5S. The molecule has 0 spiro atoms. The normalized spacial score (nSPS) is 23.1. The number of ether oxygens (including phenoxy) is 1. The summed E-state index contributed by atoms with van der Waals surface area (Å²) < 4.78 is 32.7. The zero-order valence-electron chi connectivity index (χ0n) is 17.2. The lowest BCUT2D eigenvalue weighted by molar-refractivity contribution is -0.145. The monoisotopic (exact) mass is 443 g/mol. The third-order valence-electron chi connectivity index (χ3n) is 6.14. The van der Waals surface area contributed by atoms with Gasteiger partial charge in [0, 0.05) is 24.0 Å². The molecule has 1 saturated carbocycles. The molecule has 0 bridgehead atoms.